The Morgan fingerprint density at radius 3 is 2.36 bits per heavy atom. The Morgan fingerprint density at radius 2 is 1.82 bits per heavy atom. The summed E-state index contributed by atoms with van der Waals surface area (Å²) in [5, 5.41) is 22.1. The van der Waals surface area contributed by atoms with E-state index in [2.05, 4.69) is 5.32 Å². The molecule has 1 aromatic carbocycles. The molecule has 1 atom stereocenters. The van der Waals surface area contributed by atoms with Gasteiger partial charge in [-0.3, -0.25) is 4.79 Å². The number of rotatable bonds is 4. The fraction of sp³-hybridized carbons (Fsp3) is 0.250. The minimum absolute atomic E-state index is 0.120. The molecular weight excluding hydrogens is 306 g/mol. The van der Waals surface area contributed by atoms with Gasteiger partial charge in [0.15, 0.2) is 0 Å². The van der Waals surface area contributed by atoms with Crippen molar-refractivity contribution in [2.45, 2.75) is 26.2 Å². The summed E-state index contributed by atoms with van der Waals surface area (Å²) in [6.45, 7) is 3.40. The van der Waals surface area contributed by atoms with E-state index < -0.39 is 17.9 Å². The van der Waals surface area contributed by atoms with Crippen LogP contribution < -0.4 is 5.32 Å². The van der Waals surface area contributed by atoms with Crippen molar-refractivity contribution >= 4 is 23.5 Å². The third kappa shape index (κ3) is 2.99. The lowest BCUT2D eigenvalue weighted by Crippen LogP contribution is -2.29. The quantitative estimate of drug-likeness (QED) is 0.793. The summed E-state index contributed by atoms with van der Waals surface area (Å²) in [4.78, 5) is 22.9. The second-order valence-corrected chi connectivity index (χ2v) is 5.55. The Labute approximate surface area is 132 Å². The molecule has 3 N–H and O–H groups in total. The van der Waals surface area contributed by atoms with E-state index in [4.69, 9.17) is 16.7 Å². The Hall–Kier alpha value is -2.27. The topological polar surface area (TPSA) is 86.6 Å². The van der Waals surface area contributed by atoms with E-state index in [1.165, 1.54) is 0 Å². The van der Waals surface area contributed by atoms with Crippen LogP contribution in [0.2, 0.25) is 5.02 Å². The van der Waals surface area contributed by atoms with Gasteiger partial charge in [0.1, 0.15) is 0 Å². The first-order valence-corrected chi connectivity index (χ1v) is 7.07. The highest BCUT2D eigenvalue weighted by Crippen LogP contribution is 2.41. The summed E-state index contributed by atoms with van der Waals surface area (Å²) in [7, 11) is 0. The highest BCUT2D eigenvalue weighted by molar-refractivity contribution is 6.31. The first-order chi connectivity index (χ1) is 10.3. The van der Waals surface area contributed by atoms with Crippen molar-refractivity contribution in [3.63, 3.8) is 0 Å². The van der Waals surface area contributed by atoms with Gasteiger partial charge in [0.05, 0.1) is 12.0 Å². The molecule has 1 unspecified atom stereocenters. The molecule has 0 aliphatic carbocycles. The molecule has 1 aliphatic rings. The van der Waals surface area contributed by atoms with Crippen molar-refractivity contribution < 1.29 is 19.8 Å². The van der Waals surface area contributed by atoms with Crippen molar-refractivity contribution in [1.29, 1.82) is 0 Å². The Bertz CT molecular complexity index is 706. The highest BCUT2D eigenvalue weighted by atomic mass is 35.5. The fourth-order valence-corrected chi connectivity index (χ4v) is 3.01. The minimum atomic E-state index is -1.09. The summed E-state index contributed by atoms with van der Waals surface area (Å²) >= 11 is 6.22. The van der Waals surface area contributed by atoms with Crippen molar-refractivity contribution in [2.24, 2.45) is 0 Å². The van der Waals surface area contributed by atoms with Crippen LogP contribution in [0.4, 0.5) is 0 Å². The molecule has 0 fully saturated rings. The van der Waals surface area contributed by atoms with Crippen LogP contribution >= 0.6 is 11.6 Å². The van der Waals surface area contributed by atoms with Crippen molar-refractivity contribution in [1.82, 2.24) is 5.32 Å². The third-order valence-corrected chi connectivity index (χ3v) is 4.03. The van der Waals surface area contributed by atoms with Gasteiger partial charge in [0.2, 0.25) is 0 Å². The van der Waals surface area contributed by atoms with Crippen LogP contribution in [0, 0.1) is 0 Å². The smallest absolute Gasteiger partial charge is 0.334 e. The van der Waals surface area contributed by atoms with E-state index in [1.54, 1.807) is 38.1 Å². The van der Waals surface area contributed by atoms with E-state index in [0.717, 1.165) is 0 Å². The number of hydrogen-bond acceptors (Lipinski definition) is 3. The average Bonchev–Trinajstić information content (AvgIpc) is 2.41. The number of halogens is 1. The van der Waals surface area contributed by atoms with Gasteiger partial charge in [-0.1, -0.05) is 29.8 Å². The van der Waals surface area contributed by atoms with Gasteiger partial charge >= 0.3 is 11.9 Å². The van der Waals surface area contributed by atoms with Gasteiger partial charge in [-0.2, -0.15) is 0 Å². The minimum Gasteiger partial charge on any atom is -0.481 e. The lowest BCUT2D eigenvalue weighted by molar-refractivity contribution is -0.137. The Kier molecular flexibility index (Phi) is 4.56. The van der Waals surface area contributed by atoms with E-state index in [1.807, 2.05) is 0 Å². The second-order valence-electron chi connectivity index (χ2n) is 5.14. The summed E-state index contributed by atoms with van der Waals surface area (Å²) in [6.07, 6.45) is -0.251. The maximum atomic E-state index is 11.7. The molecule has 116 valence electrons. The molecule has 0 amide bonds. The average molecular weight is 322 g/mol. The molecule has 2 rings (SSSR count). The number of hydrogen-bond donors (Lipinski definition) is 3. The molecule has 5 nitrogen and oxygen atoms in total. The van der Waals surface area contributed by atoms with E-state index in [9.17, 15) is 14.7 Å². The predicted molar refractivity (Wildman–Crippen MR) is 82.6 cm³/mol. The third-order valence-electron chi connectivity index (χ3n) is 3.69. The van der Waals surface area contributed by atoms with Crippen LogP contribution in [0.1, 0.15) is 31.7 Å². The Balaban J connectivity index is 2.67. The maximum absolute atomic E-state index is 11.7. The van der Waals surface area contributed by atoms with Gasteiger partial charge < -0.3 is 15.5 Å². The van der Waals surface area contributed by atoms with Gasteiger partial charge in [0, 0.05) is 22.3 Å². The molecule has 0 saturated carbocycles. The first kappa shape index (κ1) is 16.1. The zero-order chi connectivity index (χ0) is 16.4. The van der Waals surface area contributed by atoms with E-state index >= 15 is 0 Å². The molecule has 1 aromatic rings. The number of carboxylic acids is 2. The van der Waals surface area contributed by atoms with Gasteiger partial charge in [-0.25, -0.2) is 4.79 Å². The number of allylic oxidation sites excluding steroid dienone is 2. The zero-order valence-corrected chi connectivity index (χ0v) is 12.9. The van der Waals surface area contributed by atoms with Crippen LogP contribution in [-0.4, -0.2) is 22.2 Å². The predicted octanol–water partition coefficient (Wildman–Crippen LogP) is 3.13. The molecule has 0 radical (unpaired) electrons. The fourth-order valence-electron chi connectivity index (χ4n) is 2.77. The van der Waals surface area contributed by atoms with Crippen LogP contribution in [0.15, 0.2) is 46.8 Å². The van der Waals surface area contributed by atoms with Crippen LogP contribution in [0.25, 0.3) is 0 Å². The van der Waals surface area contributed by atoms with Gasteiger partial charge in [0.25, 0.3) is 0 Å². The van der Waals surface area contributed by atoms with Crippen LogP contribution in [-0.2, 0) is 9.59 Å². The number of carboxylic acid groups (broad SMARTS) is 2. The summed E-state index contributed by atoms with van der Waals surface area (Å²) in [5.41, 5.74) is 2.36. The number of carbonyl (C=O) groups is 2. The lowest BCUT2D eigenvalue weighted by atomic mass is 9.79. The second kappa shape index (κ2) is 6.23. The molecule has 0 bridgehead atoms. The number of nitrogens with one attached hydrogen (secondary N) is 1. The molecular formula is C16H16ClNO4. The molecule has 6 heteroatoms. The summed E-state index contributed by atoms with van der Waals surface area (Å²) in [5.74, 6) is -2.79. The first-order valence-electron chi connectivity index (χ1n) is 6.69. The van der Waals surface area contributed by atoms with Crippen molar-refractivity contribution in [3.8, 4) is 0 Å². The molecule has 1 heterocycles. The normalized spacial score (nSPS) is 18.2. The largest absolute Gasteiger partial charge is 0.481 e. The Morgan fingerprint density at radius 1 is 1.18 bits per heavy atom. The van der Waals surface area contributed by atoms with Crippen molar-refractivity contribution in [2.75, 3.05) is 0 Å². The maximum Gasteiger partial charge on any atom is 0.334 e. The molecule has 0 saturated heterocycles. The van der Waals surface area contributed by atoms with E-state index in [-0.39, 0.29) is 12.0 Å². The monoisotopic (exact) mass is 321 g/mol. The zero-order valence-electron chi connectivity index (χ0n) is 12.2. The lowest BCUT2D eigenvalue weighted by Gasteiger charge is -2.30. The number of benzene rings is 1. The van der Waals surface area contributed by atoms with Gasteiger partial charge in [-0.15, -0.1) is 0 Å². The van der Waals surface area contributed by atoms with Gasteiger partial charge in [-0.05, 0) is 31.1 Å². The number of dihydropyridines is 1. The number of aliphatic carboxylic acids is 2. The molecule has 1 aliphatic heterocycles. The van der Waals surface area contributed by atoms with Crippen LogP contribution in [0.5, 0.6) is 0 Å². The van der Waals surface area contributed by atoms with E-state index in [0.29, 0.717) is 27.6 Å². The highest BCUT2D eigenvalue weighted by Gasteiger charge is 2.34. The summed E-state index contributed by atoms with van der Waals surface area (Å²) in [6, 6.07) is 6.90. The summed E-state index contributed by atoms with van der Waals surface area (Å²) < 4.78 is 0. The SMILES string of the molecule is CC1=C(CC(=O)O)C(c2ccccc2Cl)C(C(=O)O)=C(C)N1. The molecule has 0 aromatic heterocycles. The molecule has 0 spiro atoms. The standard InChI is InChI=1S/C16H16ClNO4/c1-8-11(7-13(19)20)15(10-5-3-4-6-12(10)17)14(16(21)22)9(2)18-8/h3-6,15,18H,7H2,1-2H3,(H,19,20)(H,21,22). The van der Waals surface area contributed by atoms with Crippen molar-refractivity contribution in [3.05, 3.63) is 57.4 Å². The molecule has 22 heavy (non-hydrogen) atoms. The van der Waals surface area contributed by atoms with Crippen LogP contribution in [0.3, 0.4) is 0 Å².